The normalized spacial score (nSPS) is 19.8. The number of nitrogens with zero attached hydrogens (tertiary/aromatic N) is 2. The first-order chi connectivity index (χ1) is 14.1. The largest absolute Gasteiger partial charge is 0.497 e. The number of methoxy groups -OCH3 is 1. The van der Waals surface area contributed by atoms with Crippen molar-refractivity contribution in [3.63, 3.8) is 0 Å². The van der Waals surface area contributed by atoms with Crippen LogP contribution < -0.4 is 9.47 Å². The Bertz CT molecular complexity index is 1120. The topological polar surface area (TPSA) is 34.1 Å². The summed E-state index contributed by atoms with van der Waals surface area (Å²) in [4.78, 5) is 0. The van der Waals surface area contributed by atoms with Crippen LogP contribution in [0.2, 0.25) is 0 Å². The van der Waals surface area contributed by atoms with Gasteiger partial charge in [0, 0.05) is 23.1 Å². The number of fused-ring (bicyclic) bond motifs is 3. The molecule has 3 aromatic rings. The first-order valence-electron chi connectivity index (χ1n) is 9.35. The molecule has 2 aliphatic rings. The lowest BCUT2D eigenvalue weighted by Crippen LogP contribution is -2.33. The van der Waals surface area contributed by atoms with Crippen molar-refractivity contribution in [2.45, 2.75) is 18.7 Å². The van der Waals surface area contributed by atoms with Crippen molar-refractivity contribution in [3.05, 3.63) is 93.7 Å². The highest BCUT2D eigenvalue weighted by molar-refractivity contribution is 9.10. The van der Waals surface area contributed by atoms with E-state index >= 15 is 0 Å². The number of rotatable bonds is 3. The number of ether oxygens (including phenoxy) is 2. The molecule has 6 heteroatoms. The highest BCUT2D eigenvalue weighted by Crippen LogP contribution is 2.47. The third-order valence-corrected chi connectivity index (χ3v) is 5.94. The Labute approximate surface area is 176 Å². The van der Waals surface area contributed by atoms with Crippen molar-refractivity contribution in [1.29, 1.82) is 0 Å². The summed E-state index contributed by atoms with van der Waals surface area (Å²) in [5.41, 5.74) is 3.94. The van der Waals surface area contributed by atoms with E-state index in [2.05, 4.69) is 22.0 Å². The first-order valence-corrected chi connectivity index (χ1v) is 10.1. The first kappa shape index (κ1) is 18.2. The van der Waals surface area contributed by atoms with Gasteiger partial charge in [-0.05, 0) is 46.3 Å². The molecule has 0 fully saturated rings. The highest BCUT2D eigenvalue weighted by Gasteiger charge is 2.41. The molecule has 0 unspecified atom stereocenters. The van der Waals surface area contributed by atoms with Crippen LogP contribution in [0.25, 0.3) is 0 Å². The summed E-state index contributed by atoms with van der Waals surface area (Å²) in [6.45, 7) is 0. The second-order valence-electron chi connectivity index (χ2n) is 7.06. The average Bonchev–Trinajstić information content (AvgIpc) is 3.21. The minimum absolute atomic E-state index is 0.0509. The number of benzene rings is 3. The van der Waals surface area contributed by atoms with Crippen LogP contribution in [-0.2, 0) is 0 Å². The van der Waals surface area contributed by atoms with Gasteiger partial charge in [-0.15, -0.1) is 0 Å². The second-order valence-corrected chi connectivity index (χ2v) is 7.91. The standard InChI is InChI=1S/C23H18BrFN2O2/c1-28-16-6-4-5-14(11-16)20-13-21-17-7-2-3-8-22(17)29-23(27(21)26-20)15-9-10-19(25)18(24)12-15/h2-12,21,23H,13H2,1H3/t21-,23+/m0/s1. The molecular formula is C23H18BrFN2O2. The van der Waals surface area contributed by atoms with Crippen molar-refractivity contribution >= 4 is 21.6 Å². The lowest BCUT2D eigenvalue weighted by molar-refractivity contribution is -0.0191. The summed E-state index contributed by atoms with van der Waals surface area (Å²) in [6.07, 6.45) is 0.321. The SMILES string of the molecule is COc1cccc(C2=NN3[C@@H](c4ccc(F)c(Br)c4)Oc4ccccc4[C@@H]3C2)c1. The zero-order valence-electron chi connectivity index (χ0n) is 15.7. The van der Waals surface area contributed by atoms with E-state index in [-0.39, 0.29) is 11.9 Å². The number of hydrogen-bond donors (Lipinski definition) is 0. The average molecular weight is 453 g/mol. The van der Waals surface area contributed by atoms with Crippen molar-refractivity contribution in [1.82, 2.24) is 5.01 Å². The van der Waals surface area contributed by atoms with Crippen molar-refractivity contribution < 1.29 is 13.9 Å². The quantitative estimate of drug-likeness (QED) is 0.500. The zero-order chi connectivity index (χ0) is 20.0. The minimum Gasteiger partial charge on any atom is -0.497 e. The minimum atomic E-state index is -0.435. The van der Waals surface area contributed by atoms with Crippen molar-refractivity contribution in [2.75, 3.05) is 7.11 Å². The fourth-order valence-corrected chi connectivity index (χ4v) is 4.29. The summed E-state index contributed by atoms with van der Waals surface area (Å²) < 4.78 is 25.9. The predicted octanol–water partition coefficient (Wildman–Crippen LogP) is 5.84. The molecule has 2 heterocycles. The molecule has 0 saturated heterocycles. The molecule has 4 nitrogen and oxygen atoms in total. The summed E-state index contributed by atoms with van der Waals surface area (Å²) in [5.74, 6) is 1.33. The van der Waals surface area contributed by atoms with Gasteiger partial charge in [0.1, 0.15) is 17.3 Å². The van der Waals surface area contributed by atoms with Crippen LogP contribution in [0.4, 0.5) is 4.39 Å². The van der Waals surface area contributed by atoms with Gasteiger partial charge in [0.25, 0.3) is 0 Å². The Balaban J connectivity index is 1.59. The fraction of sp³-hybridized carbons (Fsp3) is 0.174. The van der Waals surface area contributed by atoms with Gasteiger partial charge in [-0.2, -0.15) is 5.10 Å². The molecule has 0 N–H and O–H groups in total. The van der Waals surface area contributed by atoms with Gasteiger partial charge >= 0.3 is 0 Å². The maximum Gasteiger partial charge on any atom is 0.213 e. The molecule has 0 aromatic heterocycles. The number of para-hydroxylation sites is 1. The van der Waals surface area contributed by atoms with Gasteiger partial charge in [0.15, 0.2) is 0 Å². The molecule has 146 valence electrons. The van der Waals surface area contributed by atoms with E-state index in [1.807, 2.05) is 47.5 Å². The van der Waals surface area contributed by atoms with E-state index in [0.29, 0.717) is 4.47 Å². The number of hydrogen-bond acceptors (Lipinski definition) is 4. The molecule has 3 aromatic carbocycles. The fourth-order valence-electron chi connectivity index (χ4n) is 3.90. The van der Waals surface area contributed by atoms with Gasteiger partial charge in [-0.1, -0.05) is 36.4 Å². The summed E-state index contributed by atoms with van der Waals surface area (Å²) >= 11 is 3.28. The molecule has 2 aliphatic heterocycles. The Hall–Kier alpha value is -2.86. The monoisotopic (exact) mass is 452 g/mol. The van der Waals surface area contributed by atoms with E-state index in [1.54, 1.807) is 19.2 Å². The molecule has 0 amide bonds. The van der Waals surface area contributed by atoms with E-state index in [1.165, 1.54) is 6.07 Å². The van der Waals surface area contributed by atoms with Crippen molar-refractivity contribution in [3.8, 4) is 11.5 Å². The molecule has 0 spiro atoms. The van der Waals surface area contributed by atoms with Crippen LogP contribution in [-0.4, -0.2) is 17.8 Å². The maximum atomic E-state index is 13.8. The highest BCUT2D eigenvalue weighted by atomic mass is 79.9. The number of hydrazone groups is 1. The van der Waals surface area contributed by atoms with Gasteiger partial charge in [0.2, 0.25) is 6.23 Å². The Morgan fingerprint density at radius 3 is 2.79 bits per heavy atom. The molecular weight excluding hydrogens is 435 g/mol. The second kappa shape index (κ2) is 7.19. The van der Waals surface area contributed by atoms with E-state index in [0.717, 1.165) is 40.3 Å². The smallest absolute Gasteiger partial charge is 0.213 e. The molecule has 5 rings (SSSR count). The van der Waals surface area contributed by atoms with E-state index in [9.17, 15) is 4.39 Å². The van der Waals surface area contributed by atoms with Crippen LogP contribution >= 0.6 is 15.9 Å². The van der Waals surface area contributed by atoms with Crippen LogP contribution in [0.1, 0.15) is 35.4 Å². The lowest BCUT2D eigenvalue weighted by atomic mass is 9.96. The predicted molar refractivity (Wildman–Crippen MR) is 113 cm³/mol. The maximum absolute atomic E-state index is 13.8. The molecule has 2 atom stereocenters. The van der Waals surface area contributed by atoms with Gasteiger partial charge < -0.3 is 9.47 Å². The third kappa shape index (κ3) is 3.17. The number of halogens is 2. The van der Waals surface area contributed by atoms with Crippen LogP contribution in [0.15, 0.2) is 76.3 Å². The summed E-state index contributed by atoms with van der Waals surface area (Å²) in [7, 11) is 1.66. The molecule has 29 heavy (non-hydrogen) atoms. The Kier molecular flexibility index (Phi) is 4.51. The van der Waals surface area contributed by atoms with Crippen LogP contribution in [0.3, 0.4) is 0 Å². The van der Waals surface area contributed by atoms with Crippen LogP contribution in [0.5, 0.6) is 11.5 Å². The molecule has 0 aliphatic carbocycles. The Morgan fingerprint density at radius 1 is 1.10 bits per heavy atom. The third-order valence-electron chi connectivity index (χ3n) is 5.33. The van der Waals surface area contributed by atoms with E-state index < -0.39 is 6.23 Å². The molecule has 0 radical (unpaired) electrons. The Morgan fingerprint density at radius 2 is 1.97 bits per heavy atom. The van der Waals surface area contributed by atoms with Gasteiger partial charge in [-0.25, -0.2) is 9.40 Å². The van der Waals surface area contributed by atoms with Gasteiger partial charge in [0.05, 0.1) is 23.3 Å². The van der Waals surface area contributed by atoms with Gasteiger partial charge in [-0.3, -0.25) is 0 Å². The molecule has 0 bridgehead atoms. The summed E-state index contributed by atoms with van der Waals surface area (Å²) in [6, 6.07) is 20.9. The summed E-state index contributed by atoms with van der Waals surface area (Å²) in [5, 5.41) is 6.91. The lowest BCUT2D eigenvalue weighted by Gasteiger charge is -2.38. The van der Waals surface area contributed by atoms with E-state index in [4.69, 9.17) is 14.6 Å². The van der Waals surface area contributed by atoms with Crippen LogP contribution in [0, 0.1) is 5.82 Å². The van der Waals surface area contributed by atoms with Crippen molar-refractivity contribution in [2.24, 2.45) is 5.10 Å². The zero-order valence-corrected chi connectivity index (χ0v) is 17.3. The molecule has 0 saturated carbocycles.